The number of hydrogen-bond donors (Lipinski definition) is 1. The fourth-order valence-corrected chi connectivity index (χ4v) is 3.54. The van der Waals surface area contributed by atoms with Crippen LogP contribution < -0.4 is 5.32 Å². The number of aryl methyl sites for hydroxylation is 1. The highest BCUT2D eigenvalue weighted by molar-refractivity contribution is 5.97. The van der Waals surface area contributed by atoms with Crippen molar-refractivity contribution in [3.05, 3.63) is 66.8 Å². The Morgan fingerprint density at radius 2 is 1.87 bits per heavy atom. The second-order valence-electron chi connectivity index (χ2n) is 7.18. The monoisotopic (exact) mass is 397 g/mol. The number of anilines is 1. The van der Waals surface area contributed by atoms with Crippen molar-refractivity contribution in [1.82, 2.24) is 19.4 Å². The molecule has 152 valence electrons. The minimum Gasteiger partial charge on any atom is -0.380 e. The van der Waals surface area contributed by atoms with Crippen molar-refractivity contribution in [2.24, 2.45) is 7.05 Å². The van der Waals surface area contributed by atoms with Crippen LogP contribution in [0.3, 0.4) is 0 Å². The van der Waals surface area contributed by atoms with Crippen molar-refractivity contribution in [2.75, 3.05) is 26.0 Å². The molecule has 0 spiro atoms. The van der Waals surface area contributed by atoms with Crippen LogP contribution in [0.1, 0.15) is 6.92 Å². The molecule has 5 heteroatoms. The summed E-state index contributed by atoms with van der Waals surface area (Å²) in [5.41, 5.74) is 7.51. The molecule has 2 heterocycles. The Hall–Kier alpha value is -3.78. The Labute approximate surface area is 178 Å². The predicted molar refractivity (Wildman–Crippen MR) is 127 cm³/mol. The number of hydrogen-bond acceptors (Lipinski definition) is 4. The van der Waals surface area contributed by atoms with Crippen LogP contribution in [-0.2, 0) is 7.05 Å². The van der Waals surface area contributed by atoms with E-state index < -0.39 is 0 Å². The lowest BCUT2D eigenvalue weighted by molar-refractivity contribution is 0.506. The summed E-state index contributed by atoms with van der Waals surface area (Å²) in [4.78, 5) is 11.3. The van der Waals surface area contributed by atoms with E-state index in [1.807, 2.05) is 0 Å². The van der Waals surface area contributed by atoms with Crippen molar-refractivity contribution < 1.29 is 0 Å². The van der Waals surface area contributed by atoms with E-state index >= 15 is 0 Å². The van der Waals surface area contributed by atoms with Crippen molar-refractivity contribution in [3.63, 3.8) is 0 Å². The summed E-state index contributed by atoms with van der Waals surface area (Å²) < 4.78 is 2.14. The molecule has 2 aromatic heterocycles. The Morgan fingerprint density at radius 1 is 1.10 bits per heavy atom. The summed E-state index contributed by atoms with van der Waals surface area (Å²) in [7, 11) is 6.19. The van der Waals surface area contributed by atoms with Gasteiger partial charge in [0, 0.05) is 62.2 Å². The van der Waals surface area contributed by atoms with Gasteiger partial charge in [-0.05, 0) is 42.1 Å². The van der Waals surface area contributed by atoms with Crippen LogP contribution in [0, 0.1) is 12.8 Å². The number of nitrogens with zero attached hydrogens (tertiary/aromatic N) is 4. The number of benzene rings is 2. The minimum atomic E-state index is 0.756. The highest BCUT2D eigenvalue weighted by atomic mass is 15.1. The molecular formula is C25H27N5. The molecule has 0 unspecified atom stereocenters. The lowest BCUT2D eigenvalue weighted by Gasteiger charge is -2.18. The smallest absolute Gasteiger partial charge is 0.0966 e. The van der Waals surface area contributed by atoms with Gasteiger partial charge in [0.15, 0.2) is 0 Å². The second-order valence-corrected chi connectivity index (χ2v) is 7.18. The van der Waals surface area contributed by atoms with Crippen molar-refractivity contribution >= 4 is 27.6 Å². The molecule has 0 saturated carbocycles. The topological polar surface area (TPSA) is 46.0 Å². The van der Waals surface area contributed by atoms with E-state index in [1.165, 1.54) is 16.6 Å². The van der Waals surface area contributed by atoms with E-state index in [0.29, 0.717) is 0 Å². The molecule has 0 atom stereocenters. The number of nitrogens with one attached hydrogen (secondary N) is 1. The number of allylic oxidation sites excluding steroid dienone is 1. The summed E-state index contributed by atoms with van der Waals surface area (Å²) in [6.07, 6.45) is 15.7. The van der Waals surface area contributed by atoms with Crippen LogP contribution in [-0.4, -0.2) is 40.1 Å². The van der Waals surface area contributed by atoms with Gasteiger partial charge in [0.05, 0.1) is 17.6 Å². The zero-order valence-electron chi connectivity index (χ0n) is 17.9. The van der Waals surface area contributed by atoms with Gasteiger partial charge in [-0.25, -0.2) is 0 Å². The first-order valence-electron chi connectivity index (χ1n) is 9.77. The third-order valence-corrected chi connectivity index (χ3v) is 5.15. The highest BCUT2D eigenvalue weighted by Gasteiger charge is 2.11. The van der Waals surface area contributed by atoms with Crippen molar-refractivity contribution in [3.8, 4) is 24.0 Å². The maximum Gasteiger partial charge on any atom is 0.0966 e. The number of likely N-dealkylation sites (N-methyl/N-ethyl adjacent to an activating group) is 1. The third-order valence-electron chi connectivity index (χ3n) is 5.15. The Kier molecular flexibility index (Phi) is 6.38. The molecule has 30 heavy (non-hydrogen) atoms. The van der Waals surface area contributed by atoms with Crippen LogP contribution in [0.4, 0.5) is 5.69 Å². The predicted octanol–water partition coefficient (Wildman–Crippen LogP) is 4.92. The largest absolute Gasteiger partial charge is 0.380 e. The van der Waals surface area contributed by atoms with Crippen LogP contribution >= 0.6 is 0 Å². The Morgan fingerprint density at radius 3 is 2.60 bits per heavy atom. The van der Waals surface area contributed by atoms with Gasteiger partial charge in [-0.15, -0.1) is 12.8 Å². The summed E-state index contributed by atoms with van der Waals surface area (Å²) in [6, 6.07) is 12.9. The van der Waals surface area contributed by atoms with Crippen LogP contribution in [0.5, 0.6) is 0 Å². The fourth-order valence-electron chi connectivity index (χ4n) is 3.54. The van der Waals surface area contributed by atoms with E-state index in [4.69, 9.17) is 0 Å². The first-order valence-corrected chi connectivity index (χ1v) is 9.77. The molecule has 5 nitrogen and oxygen atoms in total. The Balaban J connectivity index is 0.00000124. The standard InChI is InChI=1S/C23H25N5.C2H2/c1-5-19(27(2)3)15-26-18-13-20(23-21(14-18)24-9-10-25-23)17-7-6-16-8-11-28(4)22(16)12-17;1-2/h5-14,26H,15H2,1-4H3;1-2H/b19-5-;. The molecule has 1 N–H and O–H groups in total. The molecule has 0 radical (unpaired) electrons. The van der Waals surface area contributed by atoms with E-state index in [1.54, 1.807) is 12.4 Å². The highest BCUT2D eigenvalue weighted by Crippen LogP contribution is 2.32. The van der Waals surface area contributed by atoms with Crippen LogP contribution in [0.15, 0.2) is 66.8 Å². The summed E-state index contributed by atoms with van der Waals surface area (Å²) in [5, 5.41) is 4.78. The maximum atomic E-state index is 4.61. The second kappa shape index (κ2) is 9.15. The maximum absolute atomic E-state index is 4.61. The zero-order chi connectivity index (χ0) is 21.7. The minimum absolute atomic E-state index is 0.756. The molecule has 0 amide bonds. The molecule has 4 aromatic rings. The first kappa shape index (κ1) is 20.9. The average molecular weight is 398 g/mol. The van der Waals surface area contributed by atoms with Gasteiger partial charge in [-0.1, -0.05) is 18.2 Å². The number of rotatable bonds is 5. The molecule has 0 aliphatic rings. The lowest BCUT2D eigenvalue weighted by atomic mass is 10.0. The normalized spacial score (nSPS) is 11.2. The molecule has 4 rings (SSSR count). The number of fused-ring (bicyclic) bond motifs is 2. The molecule has 0 saturated heterocycles. The first-order chi connectivity index (χ1) is 14.6. The van der Waals surface area contributed by atoms with Gasteiger partial charge >= 0.3 is 0 Å². The van der Waals surface area contributed by atoms with Crippen LogP contribution in [0.25, 0.3) is 33.1 Å². The molecular weight excluding hydrogens is 370 g/mol. The molecule has 0 bridgehead atoms. The quantitative estimate of drug-likeness (QED) is 0.486. The molecule has 0 fully saturated rings. The van der Waals surface area contributed by atoms with E-state index in [0.717, 1.165) is 34.4 Å². The molecule has 2 aromatic carbocycles. The fraction of sp³-hybridized carbons (Fsp3) is 0.200. The third kappa shape index (κ3) is 4.13. The van der Waals surface area contributed by atoms with E-state index in [-0.39, 0.29) is 0 Å². The summed E-state index contributed by atoms with van der Waals surface area (Å²) >= 11 is 0. The van der Waals surface area contributed by atoms with Crippen molar-refractivity contribution in [1.29, 1.82) is 0 Å². The van der Waals surface area contributed by atoms with Gasteiger partial charge in [-0.3, -0.25) is 9.97 Å². The molecule has 0 aliphatic heterocycles. The van der Waals surface area contributed by atoms with Gasteiger partial charge in [-0.2, -0.15) is 0 Å². The van der Waals surface area contributed by atoms with Gasteiger partial charge in [0.2, 0.25) is 0 Å². The van der Waals surface area contributed by atoms with Gasteiger partial charge < -0.3 is 14.8 Å². The average Bonchev–Trinajstić information content (AvgIpc) is 3.15. The summed E-state index contributed by atoms with van der Waals surface area (Å²) in [6.45, 7) is 2.81. The number of aromatic nitrogens is 3. The number of terminal acetylenes is 1. The van der Waals surface area contributed by atoms with E-state index in [2.05, 4.69) is 114 Å². The summed E-state index contributed by atoms with van der Waals surface area (Å²) in [5.74, 6) is 0. The zero-order valence-corrected chi connectivity index (χ0v) is 17.9. The van der Waals surface area contributed by atoms with Gasteiger partial charge in [0.25, 0.3) is 0 Å². The van der Waals surface area contributed by atoms with Crippen LogP contribution in [0.2, 0.25) is 0 Å². The SMILES string of the molecule is C#C.C/C=C(/CNc1cc(-c2ccc3ccn(C)c3c2)c2nccnc2c1)N(C)C. The Bertz CT molecular complexity index is 1210. The lowest BCUT2D eigenvalue weighted by Crippen LogP contribution is -2.18. The molecule has 0 aliphatic carbocycles. The van der Waals surface area contributed by atoms with E-state index in [9.17, 15) is 0 Å². The van der Waals surface area contributed by atoms with Crippen molar-refractivity contribution in [2.45, 2.75) is 6.92 Å². The van der Waals surface area contributed by atoms with Gasteiger partial charge in [0.1, 0.15) is 0 Å².